The number of fused-ring (bicyclic) bond motifs is 6. The third-order valence-corrected chi connectivity index (χ3v) is 10.2. The number of nitrogens with zero attached hydrogens (tertiary/aromatic N) is 1. The molecular weight excluding hydrogens is 824 g/mol. The predicted molar refractivity (Wildman–Crippen MR) is 153 cm³/mol. The summed E-state index contributed by atoms with van der Waals surface area (Å²) in [6.45, 7) is -1.80. The molecule has 0 radical (unpaired) electrons. The average Bonchev–Trinajstić information content (AvgIpc) is 3.37. The molecule has 1 spiro atoms. The third kappa shape index (κ3) is 6.40. The maximum Gasteiger partial charge on any atom is 0.534 e. The van der Waals surface area contributed by atoms with Gasteiger partial charge in [-0.1, -0.05) is 6.07 Å². The van der Waals surface area contributed by atoms with E-state index in [1.807, 2.05) is 0 Å². The number of methoxy groups -OCH3 is 2. The fourth-order valence-corrected chi connectivity index (χ4v) is 6.70. The van der Waals surface area contributed by atoms with E-state index >= 15 is 17.6 Å². The van der Waals surface area contributed by atoms with Crippen LogP contribution in [0.4, 0.5) is 43.9 Å². The van der Waals surface area contributed by atoms with E-state index in [9.17, 15) is 62.4 Å². The summed E-state index contributed by atoms with van der Waals surface area (Å²) in [6, 6.07) is 1.78. The first kappa shape index (κ1) is 40.5. The highest BCUT2D eigenvalue weighted by molar-refractivity contribution is 7.92. The summed E-state index contributed by atoms with van der Waals surface area (Å²) in [6.07, 6.45) is 0. The lowest BCUT2D eigenvalue weighted by Gasteiger charge is -2.37. The second-order valence-electron chi connectivity index (χ2n) is 10.9. The first-order valence-corrected chi connectivity index (χ1v) is 17.0. The van der Waals surface area contributed by atoms with Crippen molar-refractivity contribution < 1.29 is 103 Å². The minimum Gasteiger partial charge on any atom is -0.468 e. The van der Waals surface area contributed by atoms with Crippen molar-refractivity contribution in [3.05, 3.63) is 81.4 Å². The Balaban J connectivity index is 1.83. The van der Waals surface area contributed by atoms with Gasteiger partial charge in [-0.15, -0.1) is 0 Å². The second kappa shape index (κ2) is 13.3. The molecule has 296 valence electrons. The zero-order chi connectivity index (χ0) is 41.4. The number of benzene rings is 3. The Morgan fingerprint density at radius 3 is 1.80 bits per heavy atom. The van der Waals surface area contributed by atoms with Crippen LogP contribution in [0.5, 0.6) is 17.2 Å². The van der Waals surface area contributed by atoms with Gasteiger partial charge in [0.1, 0.15) is 18.9 Å². The highest BCUT2D eigenvalue weighted by atomic mass is 32.2. The van der Waals surface area contributed by atoms with Crippen LogP contribution in [-0.4, -0.2) is 83.9 Å². The molecular formula is C29H15F10NO13S2. The van der Waals surface area contributed by atoms with Gasteiger partial charge in [0.2, 0.25) is 11.6 Å². The summed E-state index contributed by atoms with van der Waals surface area (Å²) in [5.74, 6) is -21.5. The Labute approximate surface area is 299 Å². The predicted octanol–water partition coefficient (Wildman–Crippen LogP) is 4.12. The number of carbonyl (C=O) groups excluding carboxylic acids is 4. The zero-order valence-electron chi connectivity index (χ0n) is 26.7. The molecule has 2 heterocycles. The van der Waals surface area contributed by atoms with E-state index in [-0.39, 0.29) is 12.1 Å². The summed E-state index contributed by atoms with van der Waals surface area (Å²) >= 11 is 0. The van der Waals surface area contributed by atoms with Gasteiger partial charge in [-0.05, 0) is 24.3 Å². The molecule has 2 aliphatic rings. The molecule has 1 unspecified atom stereocenters. The maximum absolute atomic E-state index is 15.9. The Kier molecular flexibility index (Phi) is 9.78. The number of rotatable bonds is 8. The van der Waals surface area contributed by atoms with E-state index in [4.69, 9.17) is 9.47 Å². The highest BCUT2D eigenvalue weighted by Crippen LogP contribution is 2.59. The standard InChI is InChI=1S/C29H15F10NO13S2/c1-49-17(41)8-40(9-18(42)50-2)25(43)10-3-4-12-11(5-10)26(44)52-27(12)13-6-15(30)23(53-55(47,48)29(37,38)39)19(32)21(13)51-22-14(27)7-16(31)24(20(22)33)54(45,46)28(34,35)36/h3-7H,8-9H2,1-2H3. The summed E-state index contributed by atoms with van der Waals surface area (Å²) in [4.78, 5) is 48.4. The molecule has 0 bridgehead atoms. The summed E-state index contributed by atoms with van der Waals surface area (Å²) in [5.41, 5.74) is -20.9. The number of esters is 3. The smallest absolute Gasteiger partial charge is 0.468 e. The average molecular weight is 840 g/mol. The molecule has 3 aromatic rings. The van der Waals surface area contributed by atoms with Gasteiger partial charge < -0.3 is 28.0 Å². The Morgan fingerprint density at radius 1 is 0.764 bits per heavy atom. The van der Waals surface area contributed by atoms with Gasteiger partial charge in [0.05, 0.1) is 30.9 Å². The normalized spacial score (nSPS) is 16.3. The lowest BCUT2D eigenvalue weighted by atomic mass is 9.77. The molecule has 0 aliphatic carbocycles. The Hall–Kier alpha value is -5.66. The van der Waals surface area contributed by atoms with Gasteiger partial charge >= 0.3 is 39.0 Å². The quantitative estimate of drug-likeness (QED) is 0.104. The highest BCUT2D eigenvalue weighted by Gasteiger charge is 2.59. The van der Waals surface area contributed by atoms with Gasteiger partial charge in [0.25, 0.3) is 15.7 Å². The minimum absolute atomic E-state index is 0.103. The number of carbonyl (C=O) groups is 4. The summed E-state index contributed by atoms with van der Waals surface area (Å²) in [7, 11) is -12.1. The van der Waals surface area contributed by atoms with Crippen LogP contribution in [0.2, 0.25) is 0 Å². The van der Waals surface area contributed by atoms with Crippen LogP contribution in [0.15, 0.2) is 35.2 Å². The molecule has 0 fully saturated rings. The largest absolute Gasteiger partial charge is 0.534 e. The number of sulfone groups is 1. The van der Waals surface area contributed by atoms with E-state index in [1.165, 1.54) is 0 Å². The number of amides is 1. The molecule has 5 rings (SSSR count). The number of hydrogen-bond donors (Lipinski definition) is 0. The topological polar surface area (TPSA) is 186 Å². The monoisotopic (exact) mass is 839 g/mol. The SMILES string of the molecule is COC(=O)CN(CC(=O)OC)C(=O)c1ccc2c(c1)C(=O)OC21c2cc(F)c(OS(=O)(=O)C(F)(F)F)c(F)c2Oc2c1cc(F)c(S(=O)(=O)C(F)(F)F)c2F. The Morgan fingerprint density at radius 2 is 1.29 bits per heavy atom. The van der Waals surface area contributed by atoms with Crippen molar-refractivity contribution in [1.29, 1.82) is 0 Å². The van der Waals surface area contributed by atoms with E-state index in [0.717, 1.165) is 20.3 Å². The summed E-state index contributed by atoms with van der Waals surface area (Å²) in [5, 5.41) is 0. The van der Waals surface area contributed by atoms with Gasteiger partial charge in [0.15, 0.2) is 33.6 Å². The molecule has 3 aromatic carbocycles. The van der Waals surface area contributed by atoms with Gasteiger partial charge in [-0.25, -0.2) is 26.4 Å². The number of ether oxygens (including phenoxy) is 4. The summed E-state index contributed by atoms with van der Waals surface area (Å²) < 4.78 is 212. The molecule has 14 nitrogen and oxygen atoms in total. The van der Waals surface area contributed by atoms with Crippen molar-refractivity contribution in [2.24, 2.45) is 0 Å². The fourth-order valence-electron chi connectivity index (χ4n) is 5.36. The van der Waals surface area contributed by atoms with Crippen molar-refractivity contribution in [1.82, 2.24) is 4.90 Å². The van der Waals surface area contributed by atoms with Gasteiger partial charge in [-0.2, -0.15) is 39.2 Å². The van der Waals surface area contributed by atoms with Crippen LogP contribution in [0.1, 0.15) is 37.4 Å². The lowest BCUT2D eigenvalue weighted by molar-refractivity contribution is -0.144. The van der Waals surface area contributed by atoms with Crippen LogP contribution in [0.25, 0.3) is 0 Å². The first-order valence-electron chi connectivity index (χ1n) is 14.1. The van der Waals surface area contributed by atoms with E-state index < -0.39 is 147 Å². The van der Waals surface area contributed by atoms with Gasteiger partial charge in [0, 0.05) is 11.1 Å². The molecule has 1 atom stereocenters. The number of alkyl halides is 6. The second-order valence-corrected chi connectivity index (χ2v) is 14.4. The number of halogens is 10. The van der Waals surface area contributed by atoms with Crippen molar-refractivity contribution in [2.45, 2.75) is 21.5 Å². The molecule has 0 saturated carbocycles. The lowest BCUT2D eigenvalue weighted by Crippen LogP contribution is -2.40. The zero-order valence-corrected chi connectivity index (χ0v) is 28.3. The van der Waals surface area contributed by atoms with Gasteiger partial charge in [-0.3, -0.25) is 14.4 Å². The van der Waals surface area contributed by atoms with Crippen LogP contribution in [-0.2, 0) is 49.4 Å². The van der Waals surface area contributed by atoms with Crippen LogP contribution < -0.4 is 8.92 Å². The Bertz CT molecular complexity index is 2420. The van der Waals surface area contributed by atoms with Crippen molar-refractivity contribution >= 4 is 43.8 Å². The molecule has 55 heavy (non-hydrogen) atoms. The van der Waals surface area contributed by atoms with E-state index in [0.29, 0.717) is 17.0 Å². The molecule has 26 heteroatoms. The fraction of sp³-hybridized carbons (Fsp3) is 0.241. The van der Waals surface area contributed by atoms with Crippen LogP contribution >= 0.6 is 0 Å². The maximum atomic E-state index is 15.9. The number of hydrogen-bond acceptors (Lipinski definition) is 13. The molecule has 0 aromatic heterocycles. The van der Waals surface area contributed by atoms with Crippen molar-refractivity contribution in [3.8, 4) is 17.2 Å². The van der Waals surface area contributed by atoms with Crippen molar-refractivity contribution in [3.63, 3.8) is 0 Å². The molecule has 0 N–H and O–H groups in total. The molecule has 0 saturated heterocycles. The van der Waals surface area contributed by atoms with Crippen LogP contribution in [0, 0.1) is 23.3 Å². The minimum atomic E-state index is -6.99. The third-order valence-electron chi connectivity index (χ3n) is 7.77. The molecule has 2 aliphatic heterocycles. The van der Waals surface area contributed by atoms with Crippen molar-refractivity contribution in [2.75, 3.05) is 27.3 Å². The van der Waals surface area contributed by atoms with Crippen LogP contribution in [0.3, 0.4) is 0 Å². The van der Waals surface area contributed by atoms with E-state index in [1.54, 1.807) is 0 Å². The van der Waals surface area contributed by atoms with E-state index in [2.05, 4.69) is 13.7 Å². The first-order chi connectivity index (χ1) is 25.2. The molecule has 1 amide bonds.